The van der Waals surface area contributed by atoms with E-state index in [1.54, 1.807) is 4.90 Å². The number of hydrogen-bond acceptors (Lipinski definition) is 2. The molecule has 0 fully saturated rings. The van der Waals surface area contributed by atoms with Crippen LogP contribution in [0.5, 0.6) is 0 Å². The number of amides is 1. The molecule has 0 aromatic carbocycles. The van der Waals surface area contributed by atoms with Gasteiger partial charge in [-0.3, -0.25) is 4.79 Å². The molecule has 0 aromatic rings. The van der Waals surface area contributed by atoms with Gasteiger partial charge >= 0.3 is 0 Å². The summed E-state index contributed by atoms with van der Waals surface area (Å²) >= 11 is 0. The van der Waals surface area contributed by atoms with E-state index < -0.39 is 0 Å². The van der Waals surface area contributed by atoms with Crippen LogP contribution in [0.25, 0.3) is 0 Å². The average molecular weight is 145 g/mol. The highest BCUT2D eigenvalue weighted by Crippen LogP contribution is 1.88. The highest BCUT2D eigenvalue weighted by molar-refractivity contribution is 5.46. The largest absolute Gasteiger partial charge is 0.396 e. The highest BCUT2D eigenvalue weighted by atomic mass is 16.3. The Morgan fingerprint density at radius 3 is 2.60 bits per heavy atom. The second-order valence-corrected chi connectivity index (χ2v) is 2.22. The van der Waals surface area contributed by atoms with Crippen LogP contribution in [0, 0.1) is 0 Å². The molecule has 60 valence electrons. The van der Waals surface area contributed by atoms with Gasteiger partial charge in [-0.1, -0.05) is 6.92 Å². The van der Waals surface area contributed by atoms with E-state index in [4.69, 9.17) is 5.11 Å². The SMILES string of the molecule is CCCN(C=O)CCCO. The van der Waals surface area contributed by atoms with Gasteiger partial charge < -0.3 is 10.0 Å². The third-order valence-electron chi connectivity index (χ3n) is 1.26. The Morgan fingerprint density at radius 2 is 2.20 bits per heavy atom. The number of aliphatic hydroxyl groups excluding tert-OH is 1. The number of carbonyl (C=O) groups excluding carboxylic acids is 1. The minimum atomic E-state index is 0.161. The lowest BCUT2D eigenvalue weighted by Crippen LogP contribution is -2.24. The second kappa shape index (κ2) is 6.55. The zero-order valence-electron chi connectivity index (χ0n) is 6.42. The van der Waals surface area contributed by atoms with Gasteiger partial charge in [0.05, 0.1) is 0 Å². The van der Waals surface area contributed by atoms with Crippen LogP contribution in [0.1, 0.15) is 19.8 Å². The van der Waals surface area contributed by atoms with Crippen LogP contribution in [0.15, 0.2) is 0 Å². The van der Waals surface area contributed by atoms with Crippen molar-refractivity contribution in [2.75, 3.05) is 19.7 Å². The fraction of sp³-hybridized carbons (Fsp3) is 0.857. The van der Waals surface area contributed by atoms with E-state index in [2.05, 4.69) is 0 Å². The molecule has 0 saturated carbocycles. The van der Waals surface area contributed by atoms with Gasteiger partial charge in [0.1, 0.15) is 0 Å². The quantitative estimate of drug-likeness (QED) is 0.544. The monoisotopic (exact) mass is 145 g/mol. The molecule has 0 rings (SSSR count). The molecule has 0 aliphatic heterocycles. The Hall–Kier alpha value is -0.570. The van der Waals surface area contributed by atoms with Crippen molar-refractivity contribution in [3.05, 3.63) is 0 Å². The fourth-order valence-corrected chi connectivity index (χ4v) is 0.778. The predicted octanol–water partition coefficient (Wildman–Crippen LogP) is 0.237. The molecular weight excluding hydrogens is 130 g/mol. The first-order chi connectivity index (χ1) is 4.85. The smallest absolute Gasteiger partial charge is 0.209 e. The van der Waals surface area contributed by atoms with Gasteiger partial charge in [-0.05, 0) is 12.8 Å². The lowest BCUT2D eigenvalue weighted by Gasteiger charge is -2.14. The third-order valence-corrected chi connectivity index (χ3v) is 1.26. The van der Waals surface area contributed by atoms with Gasteiger partial charge in [-0.2, -0.15) is 0 Å². The maximum absolute atomic E-state index is 10.2. The molecule has 3 heteroatoms. The normalized spacial score (nSPS) is 9.40. The highest BCUT2D eigenvalue weighted by Gasteiger charge is 1.96. The van der Waals surface area contributed by atoms with E-state index in [9.17, 15) is 4.79 Å². The van der Waals surface area contributed by atoms with Crippen LogP contribution >= 0.6 is 0 Å². The number of carbonyl (C=O) groups is 1. The van der Waals surface area contributed by atoms with Crippen LogP contribution in [0.3, 0.4) is 0 Å². The fourth-order valence-electron chi connectivity index (χ4n) is 0.778. The summed E-state index contributed by atoms with van der Waals surface area (Å²) in [5.41, 5.74) is 0. The van der Waals surface area contributed by atoms with Gasteiger partial charge in [-0.25, -0.2) is 0 Å². The standard InChI is InChI=1S/C7H15NO2/c1-2-4-8(7-10)5-3-6-9/h7,9H,2-6H2,1H3. The van der Waals surface area contributed by atoms with Gasteiger partial charge in [0.15, 0.2) is 0 Å². The molecule has 0 heterocycles. The van der Waals surface area contributed by atoms with E-state index in [0.717, 1.165) is 19.4 Å². The van der Waals surface area contributed by atoms with E-state index in [1.807, 2.05) is 6.92 Å². The van der Waals surface area contributed by atoms with Crippen molar-refractivity contribution in [1.29, 1.82) is 0 Å². The molecule has 0 atom stereocenters. The molecule has 0 aliphatic carbocycles. The predicted molar refractivity (Wildman–Crippen MR) is 39.6 cm³/mol. The van der Waals surface area contributed by atoms with Crippen LogP contribution in [0.4, 0.5) is 0 Å². The van der Waals surface area contributed by atoms with Gasteiger partial charge in [0, 0.05) is 19.7 Å². The molecule has 1 N–H and O–H groups in total. The van der Waals surface area contributed by atoms with E-state index >= 15 is 0 Å². The topological polar surface area (TPSA) is 40.5 Å². The van der Waals surface area contributed by atoms with Crippen molar-refractivity contribution in [3.8, 4) is 0 Å². The molecule has 0 aromatic heterocycles. The Morgan fingerprint density at radius 1 is 1.50 bits per heavy atom. The summed E-state index contributed by atoms with van der Waals surface area (Å²) in [6.45, 7) is 3.65. The summed E-state index contributed by atoms with van der Waals surface area (Å²) in [5, 5.41) is 8.44. The molecular formula is C7H15NO2. The maximum Gasteiger partial charge on any atom is 0.209 e. The van der Waals surface area contributed by atoms with Crippen LogP contribution in [-0.4, -0.2) is 36.1 Å². The van der Waals surface area contributed by atoms with Crippen molar-refractivity contribution in [1.82, 2.24) is 4.90 Å². The first-order valence-electron chi connectivity index (χ1n) is 3.65. The summed E-state index contributed by atoms with van der Waals surface area (Å²) < 4.78 is 0. The van der Waals surface area contributed by atoms with Crippen molar-refractivity contribution >= 4 is 6.41 Å². The molecule has 10 heavy (non-hydrogen) atoms. The van der Waals surface area contributed by atoms with Crippen molar-refractivity contribution in [3.63, 3.8) is 0 Å². The molecule has 1 amide bonds. The van der Waals surface area contributed by atoms with Gasteiger partial charge in [0.2, 0.25) is 6.41 Å². The molecule has 0 spiro atoms. The molecule has 0 unspecified atom stereocenters. The first-order valence-corrected chi connectivity index (χ1v) is 3.65. The molecule has 3 nitrogen and oxygen atoms in total. The Balaban J connectivity index is 3.29. The summed E-state index contributed by atoms with van der Waals surface area (Å²) in [7, 11) is 0. The lowest BCUT2D eigenvalue weighted by atomic mass is 10.4. The second-order valence-electron chi connectivity index (χ2n) is 2.22. The number of hydrogen-bond donors (Lipinski definition) is 1. The number of rotatable bonds is 6. The number of nitrogens with zero attached hydrogens (tertiary/aromatic N) is 1. The van der Waals surface area contributed by atoms with E-state index in [-0.39, 0.29) is 6.61 Å². The van der Waals surface area contributed by atoms with Crippen molar-refractivity contribution in [2.45, 2.75) is 19.8 Å². The average Bonchev–Trinajstić information content (AvgIpc) is 1.98. The minimum absolute atomic E-state index is 0.161. The zero-order valence-corrected chi connectivity index (χ0v) is 6.42. The van der Waals surface area contributed by atoms with Crippen LogP contribution < -0.4 is 0 Å². The molecule has 0 saturated heterocycles. The van der Waals surface area contributed by atoms with E-state index in [0.29, 0.717) is 13.0 Å². The summed E-state index contributed by atoms with van der Waals surface area (Å²) in [5.74, 6) is 0. The van der Waals surface area contributed by atoms with Crippen LogP contribution in [-0.2, 0) is 4.79 Å². The molecule has 0 aliphatic rings. The third kappa shape index (κ3) is 4.32. The number of aliphatic hydroxyl groups is 1. The summed E-state index contributed by atoms with van der Waals surface area (Å²) in [4.78, 5) is 11.9. The van der Waals surface area contributed by atoms with Crippen molar-refractivity contribution in [2.24, 2.45) is 0 Å². The minimum Gasteiger partial charge on any atom is -0.396 e. The summed E-state index contributed by atoms with van der Waals surface area (Å²) in [6, 6.07) is 0. The van der Waals surface area contributed by atoms with Crippen molar-refractivity contribution < 1.29 is 9.90 Å². The van der Waals surface area contributed by atoms with Gasteiger partial charge in [0.25, 0.3) is 0 Å². The molecule has 0 radical (unpaired) electrons. The van der Waals surface area contributed by atoms with Gasteiger partial charge in [-0.15, -0.1) is 0 Å². The van der Waals surface area contributed by atoms with E-state index in [1.165, 1.54) is 0 Å². The lowest BCUT2D eigenvalue weighted by molar-refractivity contribution is -0.118. The first kappa shape index (κ1) is 9.43. The maximum atomic E-state index is 10.2. The molecule has 0 bridgehead atoms. The Bertz CT molecular complexity index is 85.7. The van der Waals surface area contributed by atoms with Crippen LogP contribution in [0.2, 0.25) is 0 Å². The summed E-state index contributed by atoms with van der Waals surface area (Å²) in [6.07, 6.45) is 2.49. The Labute approximate surface area is 61.6 Å². The zero-order chi connectivity index (χ0) is 7.82. The Kier molecular flexibility index (Phi) is 6.18.